The first kappa shape index (κ1) is 16.6. The number of H-pyrrole nitrogens is 1. The van der Waals surface area contributed by atoms with Crippen LogP contribution in [0.3, 0.4) is 0 Å². The van der Waals surface area contributed by atoms with Gasteiger partial charge in [-0.25, -0.2) is 4.79 Å². The van der Waals surface area contributed by atoms with Gasteiger partial charge in [-0.2, -0.15) is 4.98 Å². The van der Waals surface area contributed by atoms with Gasteiger partial charge in [0.05, 0.1) is 32.2 Å². The number of imidazole rings is 1. The Balaban J connectivity index is 2.00. The van der Waals surface area contributed by atoms with Crippen molar-refractivity contribution in [1.82, 2.24) is 19.1 Å². The predicted molar refractivity (Wildman–Crippen MR) is 99.7 cm³/mol. The SMILES string of the molecule is CC(c1ccccc1)n1c(N2CC[NH2+]CC2)nc2c1c(=O)[nH]c(=O)n2C. The highest BCUT2D eigenvalue weighted by atomic mass is 16.2. The Kier molecular flexibility index (Phi) is 4.12. The number of aromatic nitrogens is 4. The number of nitrogens with zero attached hydrogens (tertiary/aromatic N) is 4. The summed E-state index contributed by atoms with van der Waals surface area (Å²) in [6, 6.07) is 9.95. The third kappa shape index (κ3) is 2.62. The smallest absolute Gasteiger partial charge is 0.329 e. The van der Waals surface area contributed by atoms with Crippen LogP contribution in [0, 0.1) is 0 Å². The normalized spacial score (nSPS) is 16.2. The number of rotatable bonds is 3. The maximum atomic E-state index is 12.7. The summed E-state index contributed by atoms with van der Waals surface area (Å²) in [7, 11) is 1.64. The Labute approximate surface area is 150 Å². The summed E-state index contributed by atoms with van der Waals surface area (Å²) in [5.74, 6) is 0.746. The number of hydrogen-bond donors (Lipinski definition) is 2. The average molecular weight is 355 g/mol. The molecule has 1 atom stereocenters. The number of anilines is 1. The van der Waals surface area contributed by atoms with Crippen molar-refractivity contribution < 1.29 is 5.32 Å². The van der Waals surface area contributed by atoms with E-state index in [4.69, 9.17) is 4.98 Å². The van der Waals surface area contributed by atoms with Crippen molar-refractivity contribution in [3.63, 3.8) is 0 Å². The van der Waals surface area contributed by atoms with E-state index < -0.39 is 11.2 Å². The summed E-state index contributed by atoms with van der Waals surface area (Å²) in [5, 5.41) is 2.27. The molecule has 136 valence electrons. The minimum absolute atomic E-state index is 0.0827. The van der Waals surface area contributed by atoms with Crippen LogP contribution in [0.5, 0.6) is 0 Å². The van der Waals surface area contributed by atoms with Gasteiger partial charge >= 0.3 is 5.69 Å². The molecule has 1 fully saturated rings. The summed E-state index contributed by atoms with van der Waals surface area (Å²) in [6.45, 7) is 5.74. The first-order chi connectivity index (χ1) is 12.6. The van der Waals surface area contributed by atoms with Crippen molar-refractivity contribution in [3.8, 4) is 0 Å². The third-order valence-corrected chi connectivity index (χ3v) is 5.09. The van der Waals surface area contributed by atoms with E-state index >= 15 is 0 Å². The Morgan fingerprint density at radius 2 is 1.85 bits per heavy atom. The molecule has 1 aliphatic heterocycles. The van der Waals surface area contributed by atoms with Crippen LogP contribution in [-0.4, -0.2) is 45.3 Å². The number of aryl methyl sites for hydroxylation is 1. The van der Waals surface area contributed by atoms with Gasteiger partial charge in [-0.3, -0.25) is 18.9 Å². The summed E-state index contributed by atoms with van der Waals surface area (Å²) in [5.41, 5.74) is 1.11. The highest BCUT2D eigenvalue weighted by Gasteiger charge is 2.26. The maximum absolute atomic E-state index is 12.7. The van der Waals surface area contributed by atoms with Crippen molar-refractivity contribution in [2.75, 3.05) is 31.1 Å². The molecule has 0 radical (unpaired) electrons. The van der Waals surface area contributed by atoms with Crippen LogP contribution in [0.25, 0.3) is 11.2 Å². The first-order valence-corrected chi connectivity index (χ1v) is 8.90. The lowest BCUT2D eigenvalue weighted by molar-refractivity contribution is -0.655. The van der Waals surface area contributed by atoms with Crippen LogP contribution in [0.1, 0.15) is 18.5 Å². The van der Waals surface area contributed by atoms with E-state index in [1.165, 1.54) is 4.57 Å². The molecule has 3 heterocycles. The molecule has 1 aromatic carbocycles. The van der Waals surface area contributed by atoms with Crippen molar-refractivity contribution in [1.29, 1.82) is 0 Å². The van der Waals surface area contributed by atoms with Gasteiger partial charge in [0.25, 0.3) is 5.56 Å². The molecule has 3 N–H and O–H groups in total. The maximum Gasteiger partial charge on any atom is 0.329 e. The fraction of sp³-hybridized carbons (Fsp3) is 0.389. The van der Waals surface area contributed by atoms with Gasteiger partial charge in [0.1, 0.15) is 0 Å². The number of quaternary nitrogens is 1. The van der Waals surface area contributed by atoms with Gasteiger partial charge in [-0.1, -0.05) is 30.3 Å². The molecule has 4 rings (SSSR count). The number of fused-ring (bicyclic) bond motifs is 1. The van der Waals surface area contributed by atoms with Crippen molar-refractivity contribution in [3.05, 3.63) is 56.7 Å². The third-order valence-electron chi connectivity index (χ3n) is 5.09. The highest BCUT2D eigenvalue weighted by molar-refractivity contribution is 5.75. The second kappa shape index (κ2) is 6.45. The van der Waals surface area contributed by atoms with Crippen molar-refractivity contribution >= 4 is 17.1 Å². The summed E-state index contributed by atoms with van der Waals surface area (Å²) < 4.78 is 3.37. The number of piperazine rings is 1. The Bertz CT molecular complexity index is 1040. The van der Waals surface area contributed by atoms with Gasteiger partial charge < -0.3 is 10.2 Å². The molecule has 8 heteroatoms. The molecule has 26 heavy (non-hydrogen) atoms. The van der Waals surface area contributed by atoms with Crippen LogP contribution in [-0.2, 0) is 7.05 Å². The van der Waals surface area contributed by atoms with Gasteiger partial charge in [0.2, 0.25) is 5.95 Å². The van der Waals surface area contributed by atoms with Gasteiger partial charge in [-0.15, -0.1) is 0 Å². The van der Waals surface area contributed by atoms with E-state index in [-0.39, 0.29) is 6.04 Å². The Hall–Kier alpha value is -2.87. The van der Waals surface area contributed by atoms with E-state index in [1.54, 1.807) is 7.05 Å². The van der Waals surface area contributed by atoms with E-state index in [0.717, 1.165) is 37.7 Å². The molecule has 2 aromatic heterocycles. The van der Waals surface area contributed by atoms with E-state index in [0.29, 0.717) is 11.2 Å². The average Bonchev–Trinajstić information content (AvgIpc) is 3.08. The molecular formula is C18H23N6O2+. The largest absolute Gasteiger partial charge is 0.343 e. The molecule has 0 amide bonds. The van der Waals surface area contributed by atoms with Crippen LogP contribution < -0.4 is 21.5 Å². The minimum atomic E-state index is -0.446. The number of hydrogen-bond acceptors (Lipinski definition) is 4. The topological polar surface area (TPSA) is 92.5 Å². The second-order valence-corrected chi connectivity index (χ2v) is 6.71. The molecule has 1 aliphatic rings. The summed E-state index contributed by atoms with van der Waals surface area (Å²) in [6.07, 6.45) is 0. The number of nitrogens with two attached hydrogens (primary N) is 1. The predicted octanol–water partition coefficient (Wildman–Crippen LogP) is -0.584. The van der Waals surface area contributed by atoms with E-state index in [2.05, 4.69) is 22.1 Å². The van der Waals surface area contributed by atoms with Gasteiger partial charge in [-0.05, 0) is 12.5 Å². The monoisotopic (exact) mass is 355 g/mol. The Morgan fingerprint density at radius 3 is 2.54 bits per heavy atom. The molecule has 1 saturated heterocycles. The fourth-order valence-corrected chi connectivity index (χ4v) is 3.61. The van der Waals surface area contributed by atoms with Crippen LogP contribution >= 0.6 is 0 Å². The number of benzene rings is 1. The van der Waals surface area contributed by atoms with Crippen LogP contribution in [0.15, 0.2) is 39.9 Å². The second-order valence-electron chi connectivity index (χ2n) is 6.71. The molecular weight excluding hydrogens is 332 g/mol. The zero-order valence-corrected chi connectivity index (χ0v) is 15.0. The lowest BCUT2D eigenvalue weighted by Crippen LogP contribution is -2.89. The molecule has 0 saturated carbocycles. The molecule has 3 aromatic rings. The van der Waals surface area contributed by atoms with E-state index in [9.17, 15) is 9.59 Å². The summed E-state index contributed by atoms with van der Waals surface area (Å²) in [4.78, 5) is 34.0. The van der Waals surface area contributed by atoms with Gasteiger partial charge in [0.15, 0.2) is 11.2 Å². The van der Waals surface area contributed by atoms with Crippen LogP contribution in [0.2, 0.25) is 0 Å². The number of aromatic amines is 1. The lowest BCUT2D eigenvalue weighted by Gasteiger charge is -2.28. The fourth-order valence-electron chi connectivity index (χ4n) is 3.61. The van der Waals surface area contributed by atoms with Crippen molar-refractivity contribution in [2.45, 2.75) is 13.0 Å². The first-order valence-electron chi connectivity index (χ1n) is 8.90. The standard InChI is InChI=1S/C18H22N6O2/c1-12(13-6-4-3-5-7-13)24-14-15(22(2)18(26)21-16(14)25)20-17(24)23-10-8-19-9-11-23/h3-7,12,19H,8-11H2,1-2H3,(H,21,25,26)/p+1. The zero-order valence-electron chi connectivity index (χ0n) is 15.0. The Morgan fingerprint density at radius 1 is 1.15 bits per heavy atom. The zero-order chi connectivity index (χ0) is 18.3. The summed E-state index contributed by atoms with van der Waals surface area (Å²) >= 11 is 0. The van der Waals surface area contributed by atoms with Crippen LogP contribution in [0.4, 0.5) is 5.95 Å². The van der Waals surface area contributed by atoms with Gasteiger partial charge in [0, 0.05) is 7.05 Å². The molecule has 0 aliphatic carbocycles. The highest BCUT2D eigenvalue weighted by Crippen LogP contribution is 2.28. The van der Waals surface area contributed by atoms with Crippen molar-refractivity contribution in [2.24, 2.45) is 7.05 Å². The van der Waals surface area contributed by atoms with E-state index in [1.807, 2.05) is 34.9 Å². The lowest BCUT2D eigenvalue weighted by atomic mass is 10.1. The quantitative estimate of drug-likeness (QED) is 0.657. The molecule has 0 spiro atoms. The molecule has 0 bridgehead atoms. The molecule has 1 unspecified atom stereocenters. The number of nitrogens with one attached hydrogen (secondary N) is 1. The molecule has 8 nitrogen and oxygen atoms in total. The minimum Gasteiger partial charge on any atom is -0.343 e.